The number of para-hydroxylation sites is 1. The number of benzene rings is 1. The normalized spacial score (nSPS) is 19.0. The predicted octanol–water partition coefficient (Wildman–Crippen LogP) is 2.90. The summed E-state index contributed by atoms with van der Waals surface area (Å²) < 4.78 is 0. The molecule has 1 heterocycles. The fraction of sp³-hybridized carbons (Fsp3) is 0.579. The smallest absolute Gasteiger partial charge is 0.313 e. The summed E-state index contributed by atoms with van der Waals surface area (Å²) in [7, 11) is 0. The average molecular weight is 332 g/mol. The topological polar surface area (TPSA) is 69.6 Å². The molecule has 5 heteroatoms. The number of piperidine rings is 1. The summed E-state index contributed by atoms with van der Waals surface area (Å²) in [6, 6.07) is 7.60. The Morgan fingerprint density at radius 3 is 2.79 bits per heavy atom. The van der Waals surface area contributed by atoms with Crippen LogP contribution in [0.5, 0.6) is 0 Å². The highest BCUT2D eigenvalue weighted by Gasteiger charge is 2.30. The zero-order chi connectivity index (χ0) is 17.5. The lowest BCUT2D eigenvalue weighted by Crippen LogP contribution is -2.48. The Morgan fingerprint density at radius 1 is 1.33 bits per heavy atom. The Hall–Kier alpha value is -1.88. The number of likely N-dealkylation sites (tertiary alicyclic amines) is 1. The van der Waals surface area contributed by atoms with Crippen molar-refractivity contribution in [2.75, 3.05) is 18.5 Å². The highest BCUT2D eigenvalue weighted by Crippen LogP contribution is 2.27. The van der Waals surface area contributed by atoms with Gasteiger partial charge in [0.25, 0.3) is 0 Å². The molecule has 0 spiro atoms. The number of rotatable bonds is 5. The quantitative estimate of drug-likeness (QED) is 0.815. The van der Waals surface area contributed by atoms with E-state index in [9.17, 15) is 14.7 Å². The molecule has 1 aliphatic heterocycles. The molecule has 132 valence electrons. The van der Waals surface area contributed by atoms with Crippen LogP contribution >= 0.6 is 0 Å². The third-order valence-electron chi connectivity index (χ3n) is 4.90. The van der Waals surface area contributed by atoms with Gasteiger partial charge >= 0.3 is 11.8 Å². The molecule has 1 aliphatic rings. The first-order chi connectivity index (χ1) is 11.6. The Labute approximate surface area is 144 Å². The van der Waals surface area contributed by atoms with Crippen LogP contribution in [0.4, 0.5) is 5.69 Å². The summed E-state index contributed by atoms with van der Waals surface area (Å²) in [5.41, 5.74) is 1.76. The summed E-state index contributed by atoms with van der Waals surface area (Å²) in [6.45, 7) is 4.83. The molecule has 1 saturated heterocycles. The van der Waals surface area contributed by atoms with Crippen molar-refractivity contribution in [3.05, 3.63) is 29.8 Å². The van der Waals surface area contributed by atoms with Crippen LogP contribution in [0, 0.1) is 0 Å². The number of carbonyl (C=O) groups is 2. The average Bonchev–Trinajstić information content (AvgIpc) is 2.61. The van der Waals surface area contributed by atoms with Crippen molar-refractivity contribution in [3.8, 4) is 0 Å². The molecule has 2 atom stereocenters. The number of amides is 2. The van der Waals surface area contributed by atoms with E-state index in [1.165, 1.54) is 0 Å². The van der Waals surface area contributed by atoms with Gasteiger partial charge in [0.15, 0.2) is 0 Å². The van der Waals surface area contributed by atoms with E-state index in [0.717, 1.165) is 31.2 Å². The molecule has 0 aromatic heterocycles. The molecule has 2 N–H and O–H groups in total. The van der Waals surface area contributed by atoms with Crippen molar-refractivity contribution in [2.45, 2.75) is 57.9 Å². The van der Waals surface area contributed by atoms with E-state index >= 15 is 0 Å². The molecule has 2 rings (SSSR count). The van der Waals surface area contributed by atoms with Crippen LogP contribution in [0.15, 0.2) is 24.3 Å². The third kappa shape index (κ3) is 4.35. The van der Waals surface area contributed by atoms with E-state index in [1.54, 1.807) is 4.90 Å². The number of hydrogen-bond acceptors (Lipinski definition) is 3. The molecular weight excluding hydrogens is 304 g/mol. The number of anilines is 1. The third-order valence-corrected chi connectivity index (χ3v) is 4.90. The first-order valence-electron chi connectivity index (χ1n) is 8.90. The Bertz CT molecular complexity index is 571. The van der Waals surface area contributed by atoms with Crippen molar-refractivity contribution in [1.29, 1.82) is 0 Å². The van der Waals surface area contributed by atoms with Gasteiger partial charge in [-0.1, -0.05) is 32.0 Å². The number of hydrogen-bond donors (Lipinski definition) is 2. The minimum Gasteiger partial charge on any atom is -0.396 e. The molecule has 2 unspecified atom stereocenters. The molecule has 1 aromatic rings. The van der Waals surface area contributed by atoms with Gasteiger partial charge in [0.05, 0.1) is 0 Å². The molecule has 0 radical (unpaired) electrons. The number of aliphatic hydroxyl groups is 1. The van der Waals surface area contributed by atoms with Crippen LogP contribution in [0.25, 0.3) is 0 Å². The van der Waals surface area contributed by atoms with Crippen molar-refractivity contribution < 1.29 is 14.7 Å². The Morgan fingerprint density at radius 2 is 2.08 bits per heavy atom. The molecule has 0 bridgehead atoms. The summed E-state index contributed by atoms with van der Waals surface area (Å²) in [5.74, 6) is -0.767. The summed E-state index contributed by atoms with van der Waals surface area (Å²) in [6.07, 6.45) is 4.29. The summed E-state index contributed by atoms with van der Waals surface area (Å²) in [5, 5.41) is 12.0. The largest absolute Gasteiger partial charge is 0.396 e. The minimum absolute atomic E-state index is 0.0346. The van der Waals surface area contributed by atoms with Gasteiger partial charge in [-0.05, 0) is 49.7 Å². The monoisotopic (exact) mass is 332 g/mol. The van der Waals surface area contributed by atoms with Crippen LogP contribution in [0.3, 0.4) is 0 Å². The van der Waals surface area contributed by atoms with Crippen LogP contribution in [-0.2, 0) is 9.59 Å². The second kappa shape index (κ2) is 8.83. The molecule has 0 saturated carbocycles. The summed E-state index contributed by atoms with van der Waals surface area (Å²) >= 11 is 0. The maximum atomic E-state index is 12.6. The highest BCUT2D eigenvalue weighted by atomic mass is 16.3. The second-order valence-corrected chi connectivity index (χ2v) is 6.51. The molecule has 1 fully saturated rings. The zero-order valence-electron chi connectivity index (χ0n) is 14.6. The van der Waals surface area contributed by atoms with Gasteiger partial charge in [0, 0.05) is 24.9 Å². The van der Waals surface area contributed by atoms with E-state index in [4.69, 9.17) is 0 Å². The van der Waals surface area contributed by atoms with Crippen LogP contribution < -0.4 is 5.32 Å². The zero-order valence-corrected chi connectivity index (χ0v) is 14.6. The fourth-order valence-electron chi connectivity index (χ4n) is 3.28. The number of nitrogens with zero attached hydrogens (tertiary/aromatic N) is 1. The van der Waals surface area contributed by atoms with Gasteiger partial charge in [0.1, 0.15) is 0 Å². The van der Waals surface area contributed by atoms with E-state index in [-0.39, 0.29) is 12.6 Å². The second-order valence-electron chi connectivity index (χ2n) is 6.51. The Balaban J connectivity index is 2.10. The molecular formula is C19H28N2O3. The standard InChI is InChI=1S/C19H28N2O3/c1-3-14(2)16-9-4-5-10-17(16)20-18(23)19(24)21-12-7-6-8-15(21)11-13-22/h4-5,9-10,14-15,22H,3,6-8,11-13H2,1-2H3,(H,20,23). The maximum Gasteiger partial charge on any atom is 0.313 e. The molecule has 24 heavy (non-hydrogen) atoms. The lowest BCUT2D eigenvalue weighted by atomic mass is 9.96. The molecule has 2 amide bonds. The molecule has 1 aromatic carbocycles. The van der Waals surface area contributed by atoms with E-state index < -0.39 is 11.8 Å². The SMILES string of the molecule is CCC(C)c1ccccc1NC(=O)C(=O)N1CCCCC1CCO. The number of carbonyl (C=O) groups excluding carboxylic acids is 2. The van der Waals surface area contributed by atoms with Crippen LogP contribution in [0.1, 0.15) is 57.4 Å². The first kappa shape index (κ1) is 18.5. The summed E-state index contributed by atoms with van der Waals surface area (Å²) in [4.78, 5) is 26.7. The predicted molar refractivity (Wildman–Crippen MR) is 94.8 cm³/mol. The fourth-order valence-corrected chi connectivity index (χ4v) is 3.28. The van der Waals surface area contributed by atoms with E-state index in [0.29, 0.717) is 24.6 Å². The minimum atomic E-state index is -0.587. The molecule has 0 aliphatic carbocycles. The van der Waals surface area contributed by atoms with Gasteiger partial charge in [0.2, 0.25) is 0 Å². The van der Waals surface area contributed by atoms with E-state index in [2.05, 4.69) is 19.2 Å². The van der Waals surface area contributed by atoms with E-state index in [1.807, 2.05) is 24.3 Å². The lowest BCUT2D eigenvalue weighted by molar-refractivity contribution is -0.146. The van der Waals surface area contributed by atoms with Gasteiger partial charge in [-0.15, -0.1) is 0 Å². The van der Waals surface area contributed by atoms with Crippen molar-refractivity contribution >= 4 is 17.5 Å². The van der Waals surface area contributed by atoms with Gasteiger partial charge in [-0.3, -0.25) is 9.59 Å². The Kier molecular flexibility index (Phi) is 6.79. The number of nitrogens with one attached hydrogen (secondary N) is 1. The number of aliphatic hydroxyl groups excluding tert-OH is 1. The lowest BCUT2D eigenvalue weighted by Gasteiger charge is -2.35. The van der Waals surface area contributed by atoms with Gasteiger partial charge in [-0.2, -0.15) is 0 Å². The van der Waals surface area contributed by atoms with Crippen LogP contribution in [0.2, 0.25) is 0 Å². The van der Waals surface area contributed by atoms with Crippen molar-refractivity contribution in [1.82, 2.24) is 4.90 Å². The first-order valence-corrected chi connectivity index (χ1v) is 8.90. The van der Waals surface area contributed by atoms with Crippen molar-refractivity contribution in [3.63, 3.8) is 0 Å². The van der Waals surface area contributed by atoms with Crippen molar-refractivity contribution in [2.24, 2.45) is 0 Å². The van der Waals surface area contributed by atoms with Gasteiger partial charge in [-0.25, -0.2) is 0 Å². The molecule has 5 nitrogen and oxygen atoms in total. The maximum absolute atomic E-state index is 12.6. The highest BCUT2D eigenvalue weighted by molar-refractivity contribution is 6.39. The van der Waals surface area contributed by atoms with Gasteiger partial charge < -0.3 is 15.3 Å². The van der Waals surface area contributed by atoms with Crippen LogP contribution in [-0.4, -0.2) is 41.0 Å².